The number of hydrogen-bond donors (Lipinski definition) is 1. The number of hydrogen-bond acceptors (Lipinski definition) is 9. The molecule has 6 nitrogen and oxygen atoms in total. The van der Waals surface area contributed by atoms with Crippen molar-refractivity contribution in [2.75, 3.05) is 12.4 Å². The molecule has 1 atom stereocenters. The van der Waals surface area contributed by atoms with Gasteiger partial charge in [-0.2, -0.15) is 0 Å². The standard InChI is InChI=1S/C11H11N5OS3/c1-6(19-11-16-15-10(12-2)20-11)8-13-14-9(17-8)7-4-3-5-18-7/h3-6H,1-2H3,(H,12,15). The Balaban J connectivity index is 1.72. The summed E-state index contributed by atoms with van der Waals surface area (Å²) in [5.41, 5.74) is 0. The number of thiophene rings is 1. The molecule has 0 aliphatic rings. The van der Waals surface area contributed by atoms with Gasteiger partial charge in [0, 0.05) is 7.05 Å². The molecular weight excluding hydrogens is 314 g/mol. The van der Waals surface area contributed by atoms with Gasteiger partial charge >= 0.3 is 0 Å². The molecule has 9 heteroatoms. The van der Waals surface area contributed by atoms with Crippen molar-refractivity contribution in [3.8, 4) is 10.8 Å². The summed E-state index contributed by atoms with van der Waals surface area (Å²) in [7, 11) is 1.82. The topological polar surface area (TPSA) is 76.7 Å². The van der Waals surface area contributed by atoms with Gasteiger partial charge < -0.3 is 9.73 Å². The Labute approximate surface area is 127 Å². The summed E-state index contributed by atoms with van der Waals surface area (Å²) in [5, 5.41) is 22.1. The molecule has 0 spiro atoms. The number of thioether (sulfide) groups is 1. The van der Waals surface area contributed by atoms with E-state index in [9.17, 15) is 0 Å². The van der Waals surface area contributed by atoms with Crippen molar-refractivity contribution < 1.29 is 4.42 Å². The molecule has 0 aliphatic heterocycles. The second-order valence-electron chi connectivity index (χ2n) is 3.81. The van der Waals surface area contributed by atoms with Gasteiger partial charge in [-0.3, -0.25) is 0 Å². The maximum Gasteiger partial charge on any atom is 0.257 e. The molecule has 104 valence electrons. The van der Waals surface area contributed by atoms with Crippen LogP contribution < -0.4 is 5.32 Å². The molecule has 0 fully saturated rings. The largest absolute Gasteiger partial charge is 0.419 e. The normalized spacial score (nSPS) is 12.5. The Kier molecular flexibility index (Phi) is 3.99. The molecule has 0 aromatic carbocycles. The molecule has 1 N–H and O–H groups in total. The zero-order valence-electron chi connectivity index (χ0n) is 10.7. The maximum atomic E-state index is 5.70. The Morgan fingerprint density at radius 3 is 2.90 bits per heavy atom. The van der Waals surface area contributed by atoms with Gasteiger partial charge in [0.1, 0.15) is 0 Å². The zero-order chi connectivity index (χ0) is 13.9. The molecule has 1 unspecified atom stereocenters. The Bertz CT molecular complexity index is 678. The van der Waals surface area contributed by atoms with Crippen LogP contribution in [0.4, 0.5) is 5.13 Å². The average molecular weight is 325 g/mol. The third-order valence-electron chi connectivity index (χ3n) is 2.42. The Morgan fingerprint density at radius 2 is 2.20 bits per heavy atom. The van der Waals surface area contributed by atoms with Gasteiger partial charge in [0.25, 0.3) is 5.89 Å². The van der Waals surface area contributed by atoms with E-state index in [1.165, 1.54) is 11.3 Å². The molecule has 3 rings (SSSR count). The molecule has 0 bridgehead atoms. The summed E-state index contributed by atoms with van der Waals surface area (Å²) in [5.74, 6) is 1.16. The maximum absolute atomic E-state index is 5.70. The lowest BCUT2D eigenvalue weighted by Crippen LogP contribution is -1.88. The second-order valence-corrected chi connectivity index (χ2v) is 7.32. The van der Waals surface area contributed by atoms with Crippen molar-refractivity contribution in [1.82, 2.24) is 20.4 Å². The second kappa shape index (κ2) is 5.90. The van der Waals surface area contributed by atoms with E-state index in [4.69, 9.17) is 4.42 Å². The summed E-state index contributed by atoms with van der Waals surface area (Å²) in [4.78, 5) is 0.981. The van der Waals surface area contributed by atoms with Crippen LogP contribution in [0.2, 0.25) is 0 Å². The van der Waals surface area contributed by atoms with Crippen LogP contribution in [0, 0.1) is 0 Å². The first-order valence-electron chi connectivity index (χ1n) is 5.81. The minimum absolute atomic E-state index is 0.0360. The number of anilines is 1. The van der Waals surface area contributed by atoms with E-state index in [0.717, 1.165) is 14.3 Å². The molecule has 20 heavy (non-hydrogen) atoms. The quantitative estimate of drug-likeness (QED) is 0.719. The van der Waals surface area contributed by atoms with Gasteiger partial charge in [0.15, 0.2) is 4.34 Å². The summed E-state index contributed by atoms with van der Waals surface area (Å²) in [6, 6.07) is 3.92. The highest BCUT2D eigenvalue weighted by Gasteiger charge is 2.18. The fraction of sp³-hybridized carbons (Fsp3) is 0.273. The fourth-order valence-electron chi connectivity index (χ4n) is 1.46. The molecule has 3 aromatic rings. The predicted octanol–water partition coefficient (Wildman–Crippen LogP) is 3.54. The van der Waals surface area contributed by atoms with Crippen molar-refractivity contribution in [3.05, 3.63) is 23.4 Å². The highest BCUT2D eigenvalue weighted by molar-refractivity contribution is 8.01. The van der Waals surface area contributed by atoms with E-state index in [1.54, 1.807) is 23.1 Å². The first kappa shape index (κ1) is 13.5. The number of nitrogens with zero attached hydrogens (tertiary/aromatic N) is 4. The van der Waals surface area contributed by atoms with E-state index in [2.05, 4.69) is 25.7 Å². The van der Waals surface area contributed by atoms with Gasteiger partial charge in [0.05, 0.1) is 10.1 Å². The third-order valence-corrected chi connectivity index (χ3v) is 5.39. The van der Waals surface area contributed by atoms with E-state index >= 15 is 0 Å². The SMILES string of the molecule is CNc1nnc(SC(C)c2nnc(-c3cccs3)o2)s1. The van der Waals surface area contributed by atoms with Crippen LogP contribution >= 0.6 is 34.4 Å². The van der Waals surface area contributed by atoms with Gasteiger partial charge in [-0.1, -0.05) is 29.2 Å². The summed E-state index contributed by atoms with van der Waals surface area (Å²) in [6.45, 7) is 2.01. The van der Waals surface area contributed by atoms with Crippen LogP contribution in [0.3, 0.4) is 0 Å². The predicted molar refractivity (Wildman–Crippen MR) is 81.3 cm³/mol. The lowest BCUT2D eigenvalue weighted by Gasteiger charge is -2.01. The summed E-state index contributed by atoms with van der Waals surface area (Å²) < 4.78 is 6.58. The van der Waals surface area contributed by atoms with Gasteiger partial charge in [-0.25, -0.2) is 0 Å². The zero-order valence-corrected chi connectivity index (χ0v) is 13.2. The van der Waals surface area contributed by atoms with Crippen LogP contribution in [0.25, 0.3) is 10.8 Å². The lowest BCUT2D eigenvalue weighted by molar-refractivity contribution is 0.510. The first-order chi connectivity index (χ1) is 9.76. The van der Waals surface area contributed by atoms with Crippen molar-refractivity contribution in [3.63, 3.8) is 0 Å². The van der Waals surface area contributed by atoms with E-state index in [-0.39, 0.29) is 5.25 Å². The van der Waals surface area contributed by atoms with Crippen LogP contribution in [0.5, 0.6) is 0 Å². The Hall–Kier alpha value is -1.45. The molecule has 0 aliphatic carbocycles. The molecule has 0 radical (unpaired) electrons. The molecule has 0 amide bonds. The lowest BCUT2D eigenvalue weighted by atomic mass is 10.5. The van der Waals surface area contributed by atoms with Crippen LogP contribution in [-0.2, 0) is 0 Å². The first-order valence-corrected chi connectivity index (χ1v) is 8.39. The number of aromatic nitrogens is 4. The monoisotopic (exact) mass is 325 g/mol. The minimum Gasteiger partial charge on any atom is -0.419 e. The van der Waals surface area contributed by atoms with E-state index < -0.39 is 0 Å². The van der Waals surface area contributed by atoms with Gasteiger partial charge in [0.2, 0.25) is 11.0 Å². The Morgan fingerprint density at radius 1 is 1.30 bits per heavy atom. The van der Waals surface area contributed by atoms with Crippen LogP contribution in [0.15, 0.2) is 26.3 Å². The number of nitrogens with one attached hydrogen (secondary N) is 1. The molecule has 3 heterocycles. The van der Waals surface area contributed by atoms with Crippen molar-refractivity contribution in [1.29, 1.82) is 0 Å². The van der Waals surface area contributed by atoms with E-state index in [0.29, 0.717) is 11.8 Å². The smallest absolute Gasteiger partial charge is 0.257 e. The summed E-state index contributed by atoms with van der Waals surface area (Å²) >= 11 is 4.64. The molecule has 0 saturated carbocycles. The van der Waals surface area contributed by atoms with Crippen molar-refractivity contribution in [2.45, 2.75) is 16.5 Å². The van der Waals surface area contributed by atoms with Gasteiger partial charge in [-0.05, 0) is 18.4 Å². The summed E-state index contributed by atoms with van der Waals surface area (Å²) in [6.07, 6.45) is 0. The van der Waals surface area contributed by atoms with Crippen LogP contribution in [-0.4, -0.2) is 27.4 Å². The minimum atomic E-state index is 0.0360. The van der Waals surface area contributed by atoms with Crippen molar-refractivity contribution in [2.24, 2.45) is 0 Å². The average Bonchev–Trinajstić information content (AvgIpc) is 3.19. The number of rotatable bonds is 5. The van der Waals surface area contributed by atoms with Crippen LogP contribution in [0.1, 0.15) is 18.1 Å². The highest BCUT2D eigenvalue weighted by Crippen LogP contribution is 2.37. The van der Waals surface area contributed by atoms with Crippen molar-refractivity contribution >= 4 is 39.6 Å². The highest BCUT2D eigenvalue weighted by atomic mass is 32.2. The molecular formula is C11H11N5OS3. The third kappa shape index (κ3) is 2.84. The molecule has 0 saturated heterocycles. The molecule has 3 aromatic heterocycles. The van der Waals surface area contributed by atoms with Gasteiger partial charge in [-0.15, -0.1) is 31.7 Å². The van der Waals surface area contributed by atoms with E-state index in [1.807, 2.05) is 31.5 Å². The fourth-order valence-corrected chi connectivity index (χ4v) is 3.98.